The lowest BCUT2D eigenvalue weighted by atomic mass is 9.95. The lowest BCUT2D eigenvalue weighted by molar-refractivity contribution is 0.483. The molecule has 2 aromatic carbocycles. The summed E-state index contributed by atoms with van der Waals surface area (Å²) in [7, 11) is -4.25. The summed E-state index contributed by atoms with van der Waals surface area (Å²) < 4.78 is 33.2. The van der Waals surface area contributed by atoms with Crippen LogP contribution in [0, 0.1) is 0 Å². The smallest absolute Gasteiger partial charge is 0.282 e. The van der Waals surface area contributed by atoms with Crippen LogP contribution in [0.25, 0.3) is 11.1 Å². The standard InChI is InChI=1S/C29H44O3S/c1-2-3-4-5-6-7-8-9-10-11-12-13-14-15-16-21-26-22-17-18-23-27(26)28-24-19-20-25-29(28)33(30,31)32/h17-20,22-25H,2-16,21H2,1H3,(H,30,31,32). The van der Waals surface area contributed by atoms with Gasteiger partial charge in [-0.3, -0.25) is 4.55 Å². The fraction of sp³-hybridized carbons (Fsp3) is 0.586. The van der Waals surface area contributed by atoms with Gasteiger partial charge in [-0.05, 0) is 30.0 Å². The third-order valence-electron chi connectivity index (χ3n) is 6.52. The lowest BCUT2D eigenvalue weighted by Gasteiger charge is -2.12. The van der Waals surface area contributed by atoms with Gasteiger partial charge in [-0.1, -0.05) is 139 Å². The van der Waals surface area contributed by atoms with E-state index in [1.54, 1.807) is 12.1 Å². The second kappa shape index (κ2) is 16.1. The number of hydrogen-bond donors (Lipinski definition) is 1. The van der Waals surface area contributed by atoms with Gasteiger partial charge in [0.1, 0.15) is 4.90 Å². The molecule has 0 spiro atoms. The van der Waals surface area contributed by atoms with Crippen LogP contribution in [0.15, 0.2) is 53.4 Å². The molecule has 3 nitrogen and oxygen atoms in total. The first-order valence-corrected chi connectivity index (χ1v) is 14.6. The first-order valence-electron chi connectivity index (χ1n) is 13.2. The van der Waals surface area contributed by atoms with E-state index in [2.05, 4.69) is 13.0 Å². The Morgan fingerprint density at radius 1 is 0.576 bits per heavy atom. The molecule has 0 aromatic heterocycles. The first kappa shape index (κ1) is 27.6. The molecule has 0 atom stereocenters. The Morgan fingerprint density at radius 3 is 1.52 bits per heavy atom. The molecule has 0 amide bonds. The highest BCUT2D eigenvalue weighted by molar-refractivity contribution is 7.86. The Kier molecular flexibility index (Phi) is 13.4. The molecule has 2 rings (SSSR count). The minimum Gasteiger partial charge on any atom is -0.282 e. The molecule has 0 unspecified atom stereocenters. The van der Waals surface area contributed by atoms with Crippen molar-refractivity contribution in [2.75, 3.05) is 0 Å². The van der Waals surface area contributed by atoms with Crippen LogP contribution >= 0.6 is 0 Å². The van der Waals surface area contributed by atoms with Crippen molar-refractivity contribution < 1.29 is 13.0 Å². The molecule has 1 N–H and O–H groups in total. The van der Waals surface area contributed by atoms with Crippen LogP contribution in [0.1, 0.15) is 109 Å². The molecule has 0 aliphatic rings. The van der Waals surface area contributed by atoms with Gasteiger partial charge in [-0.25, -0.2) is 0 Å². The zero-order valence-corrected chi connectivity index (χ0v) is 21.4. The zero-order valence-electron chi connectivity index (χ0n) is 20.6. The summed E-state index contributed by atoms with van der Waals surface area (Å²) in [5, 5.41) is 0. The molecule has 0 saturated heterocycles. The molecule has 0 heterocycles. The molecule has 0 fully saturated rings. The van der Waals surface area contributed by atoms with Crippen molar-refractivity contribution in [1.29, 1.82) is 0 Å². The van der Waals surface area contributed by atoms with E-state index in [1.165, 1.54) is 96.0 Å². The van der Waals surface area contributed by atoms with Crippen LogP contribution in [0.2, 0.25) is 0 Å². The van der Waals surface area contributed by atoms with Crippen molar-refractivity contribution in [3.05, 3.63) is 54.1 Å². The van der Waals surface area contributed by atoms with Crippen molar-refractivity contribution >= 4 is 10.1 Å². The third-order valence-corrected chi connectivity index (χ3v) is 7.43. The number of aryl methyl sites for hydroxylation is 1. The van der Waals surface area contributed by atoms with E-state index in [9.17, 15) is 13.0 Å². The van der Waals surface area contributed by atoms with E-state index in [4.69, 9.17) is 0 Å². The van der Waals surface area contributed by atoms with Crippen LogP contribution < -0.4 is 0 Å². The fourth-order valence-corrected chi connectivity index (χ4v) is 5.31. The Morgan fingerprint density at radius 2 is 1.00 bits per heavy atom. The maximum absolute atomic E-state index is 11.8. The largest absolute Gasteiger partial charge is 0.295 e. The molecule has 0 radical (unpaired) electrons. The van der Waals surface area contributed by atoms with E-state index >= 15 is 0 Å². The zero-order chi connectivity index (χ0) is 23.8. The molecule has 0 aliphatic heterocycles. The van der Waals surface area contributed by atoms with Gasteiger partial charge in [-0.15, -0.1) is 0 Å². The predicted molar refractivity (Wildman–Crippen MR) is 140 cm³/mol. The van der Waals surface area contributed by atoms with Crippen LogP contribution in [-0.4, -0.2) is 13.0 Å². The molecule has 4 heteroatoms. The average molecular weight is 473 g/mol. The minimum absolute atomic E-state index is 0.0195. The van der Waals surface area contributed by atoms with Crippen LogP contribution in [0.4, 0.5) is 0 Å². The second-order valence-corrected chi connectivity index (χ2v) is 10.7. The van der Waals surface area contributed by atoms with Gasteiger partial charge in [-0.2, -0.15) is 8.42 Å². The molecule has 33 heavy (non-hydrogen) atoms. The minimum atomic E-state index is -4.25. The fourth-order valence-electron chi connectivity index (χ4n) is 4.60. The van der Waals surface area contributed by atoms with E-state index < -0.39 is 10.1 Å². The second-order valence-electron chi connectivity index (χ2n) is 9.33. The Hall–Kier alpha value is -1.65. The van der Waals surface area contributed by atoms with Crippen LogP contribution in [0.3, 0.4) is 0 Å². The van der Waals surface area contributed by atoms with Gasteiger partial charge in [0.05, 0.1) is 0 Å². The van der Waals surface area contributed by atoms with Gasteiger partial charge in [0.2, 0.25) is 0 Å². The molecule has 0 bridgehead atoms. The average Bonchev–Trinajstić information content (AvgIpc) is 2.81. The van der Waals surface area contributed by atoms with E-state index in [1.807, 2.05) is 24.3 Å². The SMILES string of the molecule is CCCCCCCCCCCCCCCCCc1ccccc1-c1ccccc1S(=O)(=O)O. The van der Waals surface area contributed by atoms with Crippen LogP contribution in [-0.2, 0) is 16.5 Å². The summed E-state index contributed by atoms with van der Waals surface area (Å²) in [5.74, 6) is 0. The van der Waals surface area contributed by atoms with Crippen molar-refractivity contribution in [3.63, 3.8) is 0 Å². The van der Waals surface area contributed by atoms with E-state index in [-0.39, 0.29) is 4.90 Å². The molecular formula is C29H44O3S. The number of unbranched alkanes of at least 4 members (excludes halogenated alkanes) is 14. The number of hydrogen-bond acceptors (Lipinski definition) is 2. The van der Waals surface area contributed by atoms with Gasteiger partial charge >= 0.3 is 0 Å². The topological polar surface area (TPSA) is 54.4 Å². The van der Waals surface area contributed by atoms with Crippen molar-refractivity contribution in [2.24, 2.45) is 0 Å². The summed E-state index contributed by atoms with van der Waals surface area (Å²) in [5.41, 5.74) is 2.62. The van der Waals surface area contributed by atoms with Crippen molar-refractivity contribution in [2.45, 2.75) is 115 Å². The summed E-state index contributed by atoms with van der Waals surface area (Å²) >= 11 is 0. The molecule has 0 saturated carbocycles. The highest BCUT2D eigenvalue weighted by atomic mass is 32.2. The van der Waals surface area contributed by atoms with Crippen molar-refractivity contribution in [1.82, 2.24) is 0 Å². The molecular weight excluding hydrogens is 428 g/mol. The number of rotatable bonds is 18. The van der Waals surface area contributed by atoms with E-state index in [0.29, 0.717) is 5.56 Å². The Bertz CT molecular complexity index is 889. The molecule has 184 valence electrons. The highest BCUT2D eigenvalue weighted by Gasteiger charge is 2.17. The Balaban J connectivity index is 1.62. The summed E-state index contributed by atoms with van der Waals surface area (Å²) in [6.45, 7) is 2.27. The maximum atomic E-state index is 11.8. The quantitative estimate of drug-likeness (QED) is 0.174. The van der Waals surface area contributed by atoms with Gasteiger partial charge in [0, 0.05) is 5.56 Å². The van der Waals surface area contributed by atoms with Gasteiger partial charge in [0.25, 0.3) is 10.1 Å². The summed E-state index contributed by atoms with van der Waals surface area (Å²) in [6.07, 6.45) is 21.1. The maximum Gasteiger partial charge on any atom is 0.295 e. The van der Waals surface area contributed by atoms with Crippen molar-refractivity contribution in [3.8, 4) is 11.1 Å². The summed E-state index contributed by atoms with van der Waals surface area (Å²) in [6, 6.07) is 14.6. The monoisotopic (exact) mass is 472 g/mol. The highest BCUT2D eigenvalue weighted by Crippen LogP contribution is 2.31. The normalized spacial score (nSPS) is 11.7. The van der Waals surface area contributed by atoms with E-state index in [0.717, 1.165) is 24.0 Å². The Labute approximate surface area is 202 Å². The van der Waals surface area contributed by atoms with Gasteiger partial charge < -0.3 is 0 Å². The number of benzene rings is 2. The predicted octanol–water partition coefficient (Wildman–Crippen LogP) is 9.01. The van der Waals surface area contributed by atoms with Gasteiger partial charge in [0.15, 0.2) is 0 Å². The first-order chi connectivity index (χ1) is 16.0. The molecule has 0 aliphatic carbocycles. The lowest BCUT2D eigenvalue weighted by Crippen LogP contribution is -2.02. The third kappa shape index (κ3) is 10.9. The summed E-state index contributed by atoms with van der Waals surface area (Å²) in [4.78, 5) is -0.0195. The molecule has 2 aromatic rings. The van der Waals surface area contributed by atoms with Crippen LogP contribution in [0.5, 0.6) is 0 Å².